The minimum Gasteiger partial charge on any atom is -0.379 e. The molecule has 6 nitrogen and oxygen atoms in total. The number of hydrogen-bond acceptors (Lipinski definition) is 6. The standard InChI is InChI=1S/C17H35N3O3Si2/c1-3-17(2)24-16-25(18-4-10-21-11-5-18,19-6-12-22-13-7-19)20-8-14-23-15-9-20/h3H,4-16,24H2,1-2H3. The Hall–Kier alpha value is -0.0662. The van der Waals surface area contributed by atoms with Crippen molar-refractivity contribution in [1.82, 2.24) is 13.7 Å². The molecule has 0 amide bonds. The maximum absolute atomic E-state index is 5.71. The highest BCUT2D eigenvalue weighted by Gasteiger charge is 2.51. The molecule has 0 N–H and O–H groups in total. The van der Waals surface area contributed by atoms with Crippen LogP contribution in [0, 0.1) is 0 Å². The van der Waals surface area contributed by atoms with E-state index in [1.165, 1.54) is 5.67 Å². The van der Waals surface area contributed by atoms with Gasteiger partial charge in [-0.05, 0) is 19.5 Å². The number of nitrogens with zero attached hydrogens (tertiary/aromatic N) is 3. The van der Waals surface area contributed by atoms with Crippen LogP contribution in [0.5, 0.6) is 0 Å². The summed E-state index contributed by atoms with van der Waals surface area (Å²) >= 11 is 0. The molecule has 3 saturated heterocycles. The zero-order valence-electron chi connectivity index (χ0n) is 16.0. The van der Waals surface area contributed by atoms with Crippen LogP contribution in [0.3, 0.4) is 0 Å². The quantitative estimate of drug-likeness (QED) is 0.598. The Kier molecular flexibility index (Phi) is 7.68. The molecule has 3 heterocycles. The maximum atomic E-state index is 5.71. The molecule has 3 rings (SSSR count). The second-order valence-electron chi connectivity index (χ2n) is 7.21. The number of rotatable bonds is 6. The predicted octanol–water partition coefficient (Wildman–Crippen LogP) is -0.0281. The van der Waals surface area contributed by atoms with Crippen LogP contribution in [0.15, 0.2) is 11.3 Å². The fourth-order valence-electron chi connectivity index (χ4n) is 4.35. The van der Waals surface area contributed by atoms with E-state index in [9.17, 15) is 0 Å². The van der Waals surface area contributed by atoms with Crippen LogP contribution < -0.4 is 0 Å². The molecule has 25 heavy (non-hydrogen) atoms. The van der Waals surface area contributed by atoms with Gasteiger partial charge in [-0.15, -0.1) is 0 Å². The molecule has 0 aromatic rings. The van der Waals surface area contributed by atoms with Gasteiger partial charge >= 0.3 is 0 Å². The van der Waals surface area contributed by atoms with Crippen molar-refractivity contribution in [2.24, 2.45) is 0 Å². The molecule has 0 aromatic carbocycles. The SMILES string of the molecule is CC=C(C)[SiH2]C[Si](N1CCOCC1)(N1CCOCC1)N1CCOCC1. The molecule has 0 unspecified atom stereocenters. The van der Waals surface area contributed by atoms with E-state index in [0.717, 1.165) is 78.9 Å². The highest BCUT2D eigenvalue weighted by atomic mass is 28.4. The molecule has 3 aliphatic heterocycles. The van der Waals surface area contributed by atoms with E-state index in [1.54, 1.807) is 5.20 Å². The Labute approximate surface area is 156 Å². The number of morpholine rings is 3. The molecule has 0 aromatic heterocycles. The second kappa shape index (κ2) is 9.75. The molecule has 0 atom stereocenters. The Balaban J connectivity index is 1.90. The lowest BCUT2D eigenvalue weighted by atomic mass is 10.5. The van der Waals surface area contributed by atoms with Gasteiger partial charge in [0.1, 0.15) is 0 Å². The second-order valence-corrected chi connectivity index (χ2v) is 14.3. The first-order chi connectivity index (χ1) is 12.3. The highest BCUT2D eigenvalue weighted by Crippen LogP contribution is 2.28. The summed E-state index contributed by atoms with van der Waals surface area (Å²) in [6, 6.07) is 0. The molecule has 3 aliphatic rings. The van der Waals surface area contributed by atoms with Gasteiger partial charge in [0.2, 0.25) is 0 Å². The summed E-state index contributed by atoms with van der Waals surface area (Å²) < 4.78 is 25.7. The zero-order chi connectivity index (χ0) is 17.5. The van der Waals surface area contributed by atoms with Crippen LogP contribution in [0.4, 0.5) is 0 Å². The van der Waals surface area contributed by atoms with E-state index in [-0.39, 0.29) is 9.52 Å². The number of allylic oxidation sites excluding steroid dienone is 2. The van der Waals surface area contributed by atoms with Gasteiger partial charge in [0.15, 0.2) is 0 Å². The third kappa shape index (κ3) is 4.62. The van der Waals surface area contributed by atoms with Crippen LogP contribution in [0.25, 0.3) is 0 Å². The molecule has 144 valence electrons. The van der Waals surface area contributed by atoms with E-state index < -0.39 is 8.56 Å². The lowest BCUT2D eigenvalue weighted by Gasteiger charge is -2.56. The third-order valence-corrected chi connectivity index (χ3v) is 15.2. The van der Waals surface area contributed by atoms with Crippen LogP contribution >= 0.6 is 0 Å². The van der Waals surface area contributed by atoms with Crippen molar-refractivity contribution in [3.8, 4) is 0 Å². The summed E-state index contributed by atoms with van der Waals surface area (Å²) in [6.07, 6.45) is 2.34. The lowest BCUT2D eigenvalue weighted by molar-refractivity contribution is 0.0164. The number of ether oxygens (including phenoxy) is 3. The van der Waals surface area contributed by atoms with Gasteiger partial charge in [0, 0.05) is 39.3 Å². The van der Waals surface area contributed by atoms with Crippen LogP contribution in [0.2, 0.25) is 5.67 Å². The van der Waals surface area contributed by atoms with Gasteiger partial charge in [0.25, 0.3) is 8.56 Å². The van der Waals surface area contributed by atoms with Crippen molar-refractivity contribution in [3.63, 3.8) is 0 Å². The fraction of sp³-hybridized carbons (Fsp3) is 0.882. The largest absolute Gasteiger partial charge is 0.379 e. The van der Waals surface area contributed by atoms with Gasteiger partial charge in [-0.25, -0.2) is 0 Å². The average molecular weight is 386 g/mol. The van der Waals surface area contributed by atoms with Crippen LogP contribution in [0.1, 0.15) is 13.8 Å². The van der Waals surface area contributed by atoms with Gasteiger partial charge in [-0.2, -0.15) is 0 Å². The Morgan fingerprint density at radius 2 is 1.16 bits per heavy atom. The summed E-state index contributed by atoms with van der Waals surface area (Å²) in [7, 11) is -2.12. The molecule has 0 aliphatic carbocycles. The highest BCUT2D eigenvalue weighted by molar-refractivity contribution is 6.81. The van der Waals surface area contributed by atoms with Gasteiger partial charge in [0.05, 0.1) is 49.2 Å². The summed E-state index contributed by atoms with van der Waals surface area (Å²) in [5.41, 5.74) is 1.41. The molecule has 0 bridgehead atoms. The first-order valence-corrected chi connectivity index (χ1v) is 13.6. The van der Waals surface area contributed by atoms with Gasteiger partial charge in [-0.1, -0.05) is 11.3 Å². The van der Waals surface area contributed by atoms with E-state index in [4.69, 9.17) is 14.2 Å². The van der Waals surface area contributed by atoms with Crippen molar-refractivity contribution < 1.29 is 14.2 Å². The van der Waals surface area contributed by atoms with Crippen molar-refractivity contribution in [3.05, 3.63) is 11.3 Å². The molecule has 0 saturated carbocycles. The Morgan fingerprint density at radius 3 is 1.48 bits per heavy atom. The van der Waals surface area contributed by atoms with Crippen molar-refractivity contribution in [1.29, 1.82) is 0 Å². The normalized spacial score (nSPS) is 26.6. The van der Waals surface area contributed by atoms with Crippen LogP contribution in [-0.4, -0.2) is 111 Å². The van der Waals surface area contributed by atoms with Crippen molar-refractivity contribution in [2.45, 2.75) is 19.5 Å². The minimum absolute atomic E-state index is 0.228. The van der Waals surface area contributed by atoms with Gasteiger partial charge < -0.3 is 14.2 Å². The monoisotopic (exact) mass is 385 g/mol. The topological polar surface area (TPSA) is 37.4 Å². The zero-order valence-corrected chi connectivity index (χ0v) is 18.5. The van der Waals surface area contributed by atoms with Crippen molar-refractivity contribution in [2.75, 3.05) is 78.9 Å². The van der Waals surface area contributed by atoms with Crippen molar-refractivity contribution >= 4 is 18.1 Å². The smallest absolute Gasteiger partial charge is 0.287 e. The molecular formula is C17H35N3O3Si2. The molecule has 8 heteroatoms. The van der Waals surface area contributed by atoms with E-state index in [2.05, 4.69) is 33.6 Å². The molecule has 3 fully saturated rings. The minimum atomic E-state index is -1.89. The molecule has 0 radical (unpaired) electrons. The lowest BCUT2D eigenvalue weighted by Crippen LogP contribution is -2.79. The van der Waals surface area contributed by atoms with Crippen LogP contribution in [-0.2, 0) is 14.2 Å². The Bertz CT molecular complexity index is 389. The average Bonchev–Trinajstić information content (AvgIpc) is 2.71. The fourth-order valence-corrected chi connectivity index (χ4v) is 15.2. The Morgan fingerprint density at radius 1 is 0.800 bits per heavy atom. The first-order valence-electron chi connectivity index (χ1n) is 9.87. The first kappa shape index (κ1) is 19.7. The molecule has 0 spiro atoms. The molecular weight excluding hydrogens is 350 g/mol. The van der Waals surface area contributed by atoms with E-state index >= 15 is 0 Å². The van der Waals surface area contributed by atoms with E-state index in [1.807, 2.05) is 0 Å². The summed E-state index contributed by atoms with van der Waals surface area (Å²) in [6.45, 7) is 16.4. The third-order valence-electron chi connectivity index (χ3n) is 5.90. The van der Waals surface area contributed by atoms with E-state index in [0.29, 0.717) is 0 Å². The summed E-state index contributed by atoms with van der Waals surface area (Å²) in [4.78, 5) is 0. The predicted molar refractivity (Wildman–Crippen MR) is 106 cm³/mol. The summed E-state index contributed by atoms with van der Waals surface area (Å²) in [5.74, 6) is 0. The van der Waals surface area contributed by atoms with Gasteiger partial charge in [-0.3, -0.25) is 13.7 Å². The maximum Gasteiger partial charge on any atom is 0.287 e. The summed E-state index contributed by atoms with van der Waals surface area (Å²) in [5, 5.41) is 1.65. The number of hydrogen-bond donors (Lipinski definition) is 0.